The molecule has 164 valence electrons. The number of amides is 2. The zero-order valence-electron chi connectivity index (χ0n) is 16.3. The Hall–Kier alpha value is -1.47. The molecule has 1 heterocycles. The van der Waals surface area contributed by atoms with Gasteiger partial charge in [0.25, 0.3) is 11.8 Å². The first-order valence-electron chi connectivity index (χ1n) is 9.25. The third-order valence-corrected chi connectivity index (χ3v) is 6.69. The van der Waals surface area contributed by atoms with E-state index in [9.17, 15) is 22.8 Å². The standard InChI is InChI=1S/C18H27IN2O7S/c1-3-12-20(13-4-2)29(25,26)14-15(8-6-5-7-11-19)27-18(24)28-21-16(22)9-10-17(21)23/h3-4,15H,1-2,5-14H2. The number of sulfonamides is 1. The van der Waals surface area contributed by atoms with Crippen LogP contribution in [0.4, 0.5) is 4.79 Å². The molecule has 0 N–H and O–H groups in total. The van der Waals surface area contributed by atoms with Crippen molar-refractivity contribution in [2.75, 3.05) is 23.3 Å². The third-order valence-electron chi connectivity index (χ3n) is 4.05. The molecule has 0 saturated carbocycles. The summed E-state index contributed by atoms with van der Waals surface area (Å²) in [6, 6.07) is 0. The van der Waals surface area contributed by atoms with E-state index in [0.717, 1.165) is 17.3 Å². The Labute approximate surface area is 185 Å². The van der Waals surface area contributed by atoms with Crippen molar-refractivity contribution in [3.63, 3.8) is 0 Å². The normalized spacial score (nSPS) is 15.4. The highest BCUT2D eigenvalue weighted by Crippen LogP contribution is 2.17. The van der Waals surface area contributed by atoms with Gasteiger partial charge in [-0.25, -0.2) is 13.2 Å². The fourth-order valence-electron chi connectivity index (χ4n) is 2.64. The summed E-state index contributed by atoms with van der Waals surface area (Å²) in [6.45, 7) is 7.29. The monoisotopic (exact) mass is 542 g/mol. The quantitative estimate of drug-likeness (QED) is 0.0829. The average Bonchev–Trinajstić information content (AvgIpc) is 2.96. The van der Waals surface area contributed by atoms with Crippen molar-refractivity contribution < 1.29 is 32.4 Å². The molecule has 1 aliphatic heterocycles. The van der Waals surface area contributed by atoms with E-state index in [2.05, 4.69) is 35.7 Å². The molecular formula is C18H27IN2O7S. The van der Waals surface area contributed by atoms with Crippen LogP contribution in [0.25, 0.3) is 0 Å². The number of hydroxylamine groups is 2. The van der Waals surface area contributed by atoms with Crippen molar-refractivity contribution in [3.05, 3.63) is 25.3 Å². The highest BCUT2D eigenvalue weighted by Gasteiger charge is 2.35. The lowest BCUT2D eigenvalue weighted by Crippen LogP contribution is -2.39. The van der Waals surface area contributed by atoms with Gasteiger partial charge in [0.05, 0.1) is 0 Å². The van der Waals surface area contributed by atoms with Gasteiger partial charge in [0.1, 0.15) is 11.9 Å². The minimum atomic E-state index is -3.77. The molecule has 0 radical (unpaired) electrons. The van der Waals surface area contributed by atoms with Crippen molar-refractivity contribution >= 4 is 50.6 Å². The van der Waals surface area contributed by atoms with Gasteiger partial charge in [-0.3, -0.25) is 14.4 Å². The van der Waals surface area contributed by atoms with Crippen molar-refractivity contribution in [2.24, 2.45) is 0 Å². The van der Waals surface area contributed by atoms with Crippen LogP contribution in [0.15, 0.2) is 25.3 Å². The van der Waals surface area contributed by atoms with Gasteiger partial charge in [0.15, 0.2) is 0 Å². The van der Waals surface area contributed by atoms with Crippen molar-refractivity contribution in [1.82, 2.24) is 9.37 Å². The number of alkyl halides is 1. The molecule has 1 unspecified atom stereocenters. The molecule has 29 heavy (non-hydrogen) atoms. The number of carbonyl (C=O) groups is 3. The maximum atomic E-state index is 12.7. The molecule has 0 aromatic carbocycles. The van der Waals surface area contributed by atoms with Gasteiger partial charge in [-0.05, 0) is 23.7 Å². The Morgan fingerprint density at radius 3 is 2.24 bits per heavy atom. The molecule has 0 bridgehead atoms. The van der Waals surface area contributed by atoms with E-state index in [1.165, 1.54) is 16.5 Å². The third kappa shape index (κ3) is 8.83. The number of nitrogens with zero attached hydrogens (tertiary/aromatic N) is 2. The zero-order valence-corrected chi connectivity index (χ0v) is 19.2. The lowest BCUT2D eigenvalue weighted by molar-refractivity contribution is -0.178. The number of carbonyl (C=O) groups excluding carboxylic acids is 3. The molecule has 11 heteroatoms. The van der Waals surface area contributed by atoms with Crippen LogP contribution >= 0.6 is 22.6 Å². The van der Waals surface area contributed by atoms with E-state index in [4.69, 9.17) is 9.57 Å². The predicted molar refractivity (Wildman–Crippen MR) is 116 cm³/mol. The Morgan fingerprint density at radius 2 is 1.72 bits per heavy atom. The highest BCUT2D eigenvalue weighted by molar-refractivity contribution is 14.1. The van der Waals surface area contributed by atoms with E-state index < -0.39 is 39.8 Å². The number of ether oxygens (including phenoxy) is 1. The topological polar surface area (TPSA) is 110 Å². The molecule has 0 aromatic rings. The average molecular weight is 542 g/mol. The molecule has 1 fully saturated rings. The summed E-state index contributed by atoms with van der Waals surface area (Å²) in [5, 5.41) is 0.367. The molecule has 1 aliphatic rings. The van der Waals surface area contributed by atoms with Crippen LogP contribution < -0.4 is 0 Å². The highest BCUT2D eigenvalue weighted by atomic mass is 127. The molecule has 1 rings (SSSR count). The first kappa shape index (κ1) is 25.6. The van der Waals surface area contributed by atoms with E-state index >= 15 is 0 Å². The summed E-state index contributed by atoms with van der Waals surface area (Å²) < 4.78 is 32.7. The second kappa shape index (κ2) is 13.0. The molecule has 0 spiro atoms. The summed E-state index contributed by atoms with van der Waals surface area (Å²) in [7, 11) is -3.77. The first-order chi connectivity index (χ1) is 13.7. The predicted octanol–water partition coefficient (Wildman–Crippen LogP) is 2.57. The number of rotatable bonds is 14. The lowest BCUT2D eigenvalue weighted by Gasteiger charge is -2.23. The molecule has 1 saturated heterocycles. The van der Waals surface area contributed by atoms with Crippen molar-refractivity contribution in [2.45, 2.75) is 44.6 Å². The van der Waals surface area contributed by atoms with E-state index in [-0.39, 0.29) is 25.9 Å². The van der Waals surface area contributed by atoms with Crippen molar-refractivity contribution in [3.8, 4) is 0 Å². The molecule has 2 amide bonds. The van der Waals surface area contributed by atoms with Crippen LogP contribution in [0.5, 0.6) is 0 Å². The van der Waals surface area contributed by atoms with Gasteiger partial charge in [-0.15, -0.1) is 13.2 Å². The first-order valence-corrected chi connectivity index (χ1v) is 12.4. The van der Waals surface area contributed by atoms with Crippen molar-refractivity contribution in [1.29, 1.82) is 0 Å². The molecule has 0 aromatic heterocycles. The summed E-state index contributed by atoms with van der Waals surface area (Å²) in [4.78, 5) is 39.9. The number of halogens is 1. The Balaban J connectivity index is 2.81. The Kier molecular flexibility index (Phi) is 11.4. The Morgan fingerprint density at radius 1 is 1.14 bits per heavy atom. The van der Waals surface area contributed by atoms with Crippen LogP contribution in [0.1, 0.15) is 38.5 Å². The van der Waals surface area contributed by atoms with Crippen LogP contribution in [-0.2, 0) is 29.2 Å². The minimum absolute atomic E-state index is 0.0434. The molecule has 0 aliphatic carbocycles. The molecule has 9 nitrogen and oxygen atoms in total. The maximum absolute atomic E-state index is 12.7. The SMILES string of the molecule is C=CCN(CC=C)S(=O)(=O)CC(CCCCCI)OC(=O)ON1C(=O)CCC1=O. The van der Waals surface area contributed by atoms with Crippen LogP contribution in [0.2, 0.25) is 0 Å². The fraction of sp³-hybridized carbons (Fsp3) is 0.611. The second-order valence-electron chi connectivity index (χ2n) is 6.37. The van der Waals surface area contributed by atoms with Gasteiger partial charge in [-0.1, -0.05) is 46.2 Å². The summed E-state index contributed by atoms with van der Waals surface area (Å²) in [5.74, 6) is -1.72. The zero-order chi connectivity index (χ0) is 21.9. The van der Waals surface area contributed by atoms with Gasteiger partial charge >= 0.3 is 6.16 Å². The Bertz CT molecular complexity index is 685. The number of unbranched alkanes of at least 4 members (excludes halogenated alkanes) is 2. The van der Waals surface area contributed by atoms with Crippen LogP contribution in [0, 0.1) is 0 Å². The number of hydrogen-bond acceptors (Lipinski definition) is 7. The number of imide groups is 1. The van der Waals surface area contributed by atoms with Crippen LogP contribution in [-0.4, -0.2) is 65.1 Å². The molecule has 1 atom stereocenters. The number of hydrogen-bond donors (Lipinski definition) is 0. The minimum Gasteiger partial charge on any atom is -0.428 e. The summed E-state index contributed by atoms with van der Waals surface area (Å²) in [5.41, 5.74) is 0. The van der Waals surface area contributed by atoms with Gasteiger partial charge in [-0.2, -0.15) is 4.31 Å². The lowest BCUT2D eigenvalue weighted by atomic mass is 10.1. The second-order valence-corrected chi connectivity index (χ2v) is 9.47. The summed E-state index contributed by atoms with van der Waals surface area (Å²) in [6.07, 6.45) is 3.34. The molecular weight excluding hydrogens is 515 g/mol. The summed E-state index contributed by atoms with van der Waals surface area (Å²) >= 11 is 2.25. The largest absolute Gasteiger partial charge is 0.534 e. The maximum Gasteiger partial charge on any atom is 0.534 e. The van der Waals surface area contributed by atoms with E-state index in [0.29, 0.717) is 17.9 Å². The van der Waals surface area contributed by atoms with E-state index in [1.807, 2.05) is 0 Å². The van der Waals surface area contributed by atoms with Gasteiger partial charge in [0, 0.05) is 25.9 Å². The van der Waals surface area contributed by atoms with Gasteiger partial charge in [0.2, 0.25) is 10.0 Å². The van der Waals surface area contributed by atoms with E-state index in [1.54, 1.807) is 0 Å². The fourth-order valence-corrected chi connectivity index (χ4v) is 4.76. The smallest absolute Gasteiger partial charge is 0.428 e. The van der Waals surface area contributed by atoms with Crippen LogP contribution in [0.3, 0.4) is 0 Å². The van der Waals surface area contributed by atoms with Gasteiger partial charge < -0.3 is 4.74 Å².